The zero-order valence-corrected chi connectivity index (χ0v) is 15.9. The lowest BCUT2D eigenvalue weighted by atomic mass is 10.1. The first kappa shape index (κ1) is 19.5. The van der Waals surface area contributed by atoms with Crippen molar-refractivity contribution in [2.45, 2.75) is 25.4 Å². The molecule has 146 valence electrons. The van der Waals surface area contributed by atoms with Crippen molar-refractivity contribution in [2.24, 2.45) is 0 Å². The number of nitrogens with one attached hydrogen (secondary N) is 1. The largest absolute Gasteiger partial charge is 0.497 e. The molecule has 7 nitrogen and oxygen atoms in total. The van der Waals surface area contributed by atoms with Gasteiger partial charge in [-0.15, -0.1) is 0 Å². The van der Waals surface area contributed by atoms with Crippen LogP contribution in [-0.2, 0) is 6.42 Å². The third-order valence-electron chi connectivity index (χ3n) is 4.73. The summed E-state index contributed by atoms with van der Waals surface area (Å²) >= 11 is 0. The molecule has 0 radical (unpaired) electrons. The maximum atomic E-state index is 12.3. The standard InChI is InChI=1S/C21H24N4O3/c1-27-18-5-2-16(3-6-18)8-11-23-21(26)25-12-9-19(10-13-25)28-20-7-4-17(14-22)15-24-20/h2-7,15,19H,8-13H2,1H3,(H,23,26). The Morgan fingerprint density at radius 3 is 2.61 bits per heavy atom. The van der Waals surface area contributed by atoms with Crippen molar-refractivity contribution in [2.75, 3.05) is 26.7 Å². The second-order valence-electron chi connectivity index (χ2n) is 6.63. The first-order valence-corrected chi connectivity index (χ1v) is 9.36. The second kappa shape index (κ2) is 9.60. The Morgan fingerprint density at radius 1 is 1.25 bits per heavy atom. The minimum Gasteiger partial charge on any atom is -0.497 e. The molecule has 3 rings (SSSR count). The number of amides is 2. The number of pyridine rings is 1. The highest BCUT2D eigenvalue weighted by Gasteiger charge is 2.24. The van der Waals surface area contributed by atoms with Gasteiger partial charge in [0.15, 0.2) is 0 Å². The molecule has 1 fully saturated rings. The summed E-state index contributed by atoms with van der Waals surface area (Å²) in [5.74, 6) is 1.34. The maximum absolute atomic E-state index is 12.3. The predicted molar refractivity (Wildman–Crippen MR) is 104 cm³/mol. The molecule has 0 aliphatic carbocycles. The zero-order chi connectivity index (χ0) is 19.8. The van der Waals surface area contributed by atoms with Crippen molar-refractivity contribution >= 4 is 6.03 Å². The topological polar surface area (TPSA) is 87.5 Å². The van der Waals surface area contributed by atoms with Crippen LogP contribution in [0.1, 0.15) is 24.0 Å². The van der Waals surface area contributed by atoms with Gasteiger partial charge in [-0.2, -0.15) is 5.26 Å². The molecule has 1 saturated heterocycles. The first-order chi connectivity index (χ1) is 13.7. The summed E-state index contributed by atoms with van der Waals surface area (Å²) in [6, 6.07) is 13.2. The monoisotopic (exact) mass is 380 g/mol. The van der Waals surface area contributed by atoms with Crippen LogP contribution in [0.3, 0.4) is 0 Å². The van der Waals surface area contributed by atoms with Crippen molar-refractivity contribution in [1.29, 1.82) is 5.26 Å². The Morgan fingerprint density at radius 2 is 2.00 bits per heavy atom. The SMILES string of the molecule is COc1ccc(CCNC(=O)N2CCC(Oc3ccc(C#N)cn3)CC2)cc1. The van der Waals surface area contributed by atoms with E-state index in [2.05, 4.69) is 10.3 Å². The number of carbonyl (C=O) groups is 1. The van der Waals surface area contributed by atoms with Crippen molar-refractivity contribution < 1.29 is 14.3 Å². The number of nitrogens with zero attached hydrogens (tertiary/aromatic N) is 3. The second-order valence-corrected chi connectivity index (χ2v) is 6.63. The van der Waals surface area contributed by atoms with Crippen LogP contribution in [0.4, 0.5) is 4.79 Å². The Bertz CT molecular complexity index is 807. The van der Waals surface area contributed by atoms with Gasteiger partial charge in [0.05, 0.1) is 12.7 Å². The van der Waals surface area contributed by atoms with Crippen LogP contribution in [0.15, 0.2) is 42.6 Å². The number of urea groups is 1. The molecule has 2 amide bonds. The number of piperidine rings is 1. The van der Waals surface area contributed by atoms with Crippen LogP contribution in [0.25, 0.3) is 0 Å². The number of likely N-dealkylation sites (tertiary alicyclic amines) is 1. The fourth-order valence-corrected chi connectivity index (χ4v) is 3.08. The van der Waals surface area contributed by atoms with Crippen LogP contribution in [0.2, 0.25) is 0 Å². The van der Waals surface area contributed by atoms with E-state index in [1.807, 2.05) is 35.2 Å². The van der Waals surface area contributed by atoms with Gasteiger partial charge in [0.1, 0.15) is 17.9 Å². The lowest BCUT2D eigenvalue weighted by Crippen LogP contribution is -2.46. The van der Waals surface area contributed by atoms with E-state index in [9.17, 15) is 4.79 Å². The average molecular weight is 380 g/mol. The molecule has 1 aromatic heterocycles. The van der Waals surface area contributed by atoms with Crippen LogP contribution >= 0.6 is 0 Å². The minimum atomic E-state index is -0.0385. The molecule has 7 heteroatoms. The summed E-state index contributed by atoms with van der Waals surface area (Å²) < 4.78 is 11.0. The zero-order valence-electron chi connectivity index (χ0n) is 15.9. The van der Waals surface area contributed by atoms with Crippen molar-refractivity contribution in [3.8, 4) is 17.7 Å². The predicted octanol–water partition coefficient (Wildman–Crippen LogP) is 2.76. The van der Waals surface area contributed by atoms with E-state index in [0.717, 1.165) is 30.6 Å². The van der Waals surface area contributed by atoms with Crippen LogP contribution in [-0.4, -0.2) is 48.8 Å². The normalized spacial score (nSPS) is 14.2. The molecule has 0 unspecified atom stereocenters. The van der Waals surface area contributed by atoms with E-state index in [-0.39, 0.29) is 12.1 Å². The smallest absolute Gasteiger partial charge is 0.317 e. The summed E-state index contributed by atoms with van der Waals surface area (Å²) in [6.07, 6.45) is 3.82. The molecular formula is C21H24N4O3. The molecular weight excluding hydrogens is 356 g/mol. The molecule has 1 N–H and O–H groups in total. The van der Waals surface area contributed by atoms with E-state index in [1.54, 1.807) is 19.2 Å². The fraction of sp³-hybridized carbons (Fsp3) is 0.381. The molecule has 1 aliphatic heterocycles. The summed E-state index contributed by atoms with van der Waals surface area (Å²) in [6.45, 7) is 1.89. The van der Waals surface area contributed by atoms with Crippen LogP contribution in [0, 0.1) is 11.3 Å². The Kier molecular flexibility index (Phi) is 6.68. The first-order valence-electron chi connectivity index (χ1n) is 9.36. The van der Waals surface area contributed by atoms with Gasteiger partial charge in [-0.05, 0) is 30.2 Å². The van der Waals surface area contributed by atoms with E-state index in [0.29, 0.717) is 31.1 Å². The lowest BCUT2D eigenvalue weighted by Gasteiger charge is -2.32. The van der Waals surface area contributed by atoms with Gasteiger partial charge >= 0.3 is 6.03 Å². The maximum Gasteiger partial charge on any atom is 0.317 e. The van der Waals surface area contributed by atoms with Gasteiger partial charge in [0.25, 0.3) is 0 Å². The van der Waals surface area contributed by atoms with E-state index < -0.39 is 0 Å². The Labute approximate surface area is 164 Å². The average Bonchev–Trinajstić information content (AvgIpc) is 2.75. The Hall–Kier alpha value is -3.27. The quantitative estimate of drug-likeness (QED) is 0.833. The van der Waals surface area contributed by atoms with Crippen LogP contribution in [0.5, 0.6) is 11.6 Å². The van der Waals surface area contributed by atoms with Crippen molar-refractivity contribution in [3.63, 3.8) is 0 Å². The summed E-state index contributed by atoms with van der Waals surface area (Å²) in [4.78, 5) is 18.3. The summed E-state index contributed by atoms with van der Waals surface area (Å²) in [5, 5.41) is 11.8. The van der Waals surface area contributed by atoms with E-state index in [1.165, 1.54) is 6.20 Å². The van der Waals surface area contributed by atoms with Gasteiger partial charge in [-0.1, -0.05) is 12.1 Å². The van der Waals surface area contributed by atoms with Gasteiger partial charge in [-0.3, -0.25) is 0 Å². The number of ether oxygens (including phenoxy) is 2. The number of rotatable bonds is 6. The van der Waals surface area contributed by atoms with Gasteiger partial charge in [0, 0.05) is 44.7 Å². The molecule has 0 bridgehead atoms. The minimum absolute atomic E-state index is 0.0313. The Balaban J connectivity index is 1.37. The number of carbonyl (C=O) groups excluding carboxylic acids is 1. The molecule has 0 spiro atoms. The van der Waals surface area contributed by atoms with Crippen molar-refractivity contribution in [3.05, 3.63) is 53.7 Å². The molecule has 1 aliphatic rings. The number of hydrogen-bond donors (Lipinski definition) is 1. The third kappa shape index (κ3) is 5.36. The molecule has 0 atom stereocenters. The molecule has 0 saturated carbocycles. The highest BCUT2D eigenvalue weighted by molar-refractivity contribution is 5.74. The highest BCUT2D eigenvalue weighted by Crippen LogP contribution is 2.17. The van der Waals surface area contributed by atoms with Crippen LogP contribution < -0.4 is 14.8 Å². The molecule has 2 heterocycles. The highest BCUT2D eigenvalue weighted by atomic mass is 16.5. The van der Waals surface area contributed by atoms with Gasteiger partial charge in [-0.25, -0.2) is 9.78 Å². The number of benzene rings is 1. The van der Waals surface area contributed by atoms with Gasteiger partial charge in [0.2, 0.25) is 5.88 Å². The summed E-state index contributed by atoms with van der Waals surface area (Å²) in [7, 11) is 1.64. The summed E-state index contributed by atoms with van der Waals surface area (Å²) in [5.41, 5.74) is 1.66. The van der Waals surface area contributed by atoms with Crippen molar-refractivity contribution in [1.82, 2.24) is 15.2 Å². The molecule has 1 aromatic carbocycles. The number of methoxy groups -OCH3 is 1. The van der Waals surface area contributed by atoms with Gasteiger partial charge < -0.3 is 19.7 Å². The molecule has 28 heavy (non-hydrogen) atoms. The lowest BCUT2D eigenvalue weighted by molar-refractivity contribution is 0.107. The van der Waals surface area contributed by atoms with E-state index >= 15 is 0 Å². The number of aromatic nitrogens is 1. The number of nitriles is 1. The van der Waals surface area contributed by atoms with E-state index in [4.69, 9.17) is 14.7 Å². The number of hydrogen-bond acceptors (Lipinski definition) is 5. The molecule has 2 aromatic rings. The third-order valence-corrected chi connectivity index (χ3v) is 4.73. The fourth-order valence-electron chi connectivity index (χ4n) is 3.08.